The van der Waals surface area contributed by atoms with E-state index in [4.69, 9.17) is 5.73 Å². The maximum Gasteiger partial charge on any atom is 0.155 e. The Bertz CT molecular complexity index is 515. The van der Waals surface area contributed by atoms with E-state index in [1.807, 2.05) is 29.9 Å². The van der Waals surface area contributed by atoms with Gasteiger partial charge < -0.3 is 16.0 Å². The van der Waals surface area contributed by atoms with Crippen molar-refractivity contribution in [2.75, 3.05) is 38.7 Å². The van der Waals surface area contributed by atoms with E-state index in [-0.39, 0.29) is 0 Å². The Kier molecular flexibility index (Phi) is 3.19. The van der Waals surface area contributed by atoms with Gasteiger partial charge in [-0.3, -0.25) is 4.68 Å². The van der Waals surface area contributed by atoms with E-state index in [0.717, 1.165) is 35.5 Å². The molecule has 17 heavy (non-hydrogen) atoms. The zero-order chi connectivity index (χ0) is 12.4. The third-order valence-electron chi connectivity index (χ3n) is 2.77. The number of nitrogens with zero attached hydrogens (tertiary/aromatic N) is 3. The SMILES string of the molecule is CNc1nn(CCN(C)C)c2ccc(N)cc12. The van der Waals surface area contributed by atoms with Crippen LogP contribution in [0.1, 0.15) is 0 Å². The molecule has 0 unspecified atom stereocenters. The number of anilines is 2. The topological polar surface area (TPSA) is 59.1 Å². The number of fused-ring (bicyclic) bond motifs is 1. The zero-order valence-corrected chi connectivity index (χ0v) is 10.6. The molecule has 1 aromatic carbocycles. The highest BCUT2D eigenvalue weighted by Gasteiger charge is 2.09. The number of nitrogens with one attached hydrogen (secondary N) is 1. The Morgan fingerprint density at radius 2 is 2.18 bits per heavy atom. The third kappa shape index (κ3) is 2.34. The molecule has 0 saturated heterocycles. The van der Waals surface area contributed by atoms with Crippen molar-refractivity contribution in [2.45, 2.75) is 6.54 Å². The molecule has 5 heteroatoms. The maximum absolute atomic E-state index is 5.81. The summed E-state index contributed by atoms with van der Waals surface area (Å²) < 4.78 is 2.01. The number of likely N-dealkylation sites (N-methyl/N-ethyl adjacent to an activating group) is 1. The van der Waals surface area contributed by atoms with E-state index in [2.05, 4.69) is 29.4 Å². The summed E-state index contributed by atoms with van der Waals surface area (Å²) in [6, 6.07) is 5.89. The van der Waals surface area contributed by atoms with Gasteiger partial charge in [-0.15, -0.1) is 0 Å². The van der Waals surface area contributed by atoms with Crippen molar-refractivity contribution >= 4 is 22.4 Å². The van der Waals surface area contributed by atoms with E-state index in [1.165, 1.54) is 0 Å². The molecule has 0 aliphatic heterocycles. The highest BCUT2D eigenvalue weighted by atomic mass is 15.3. The summed E-state index contributed by atoms with van der Waals surface area (Å²) in [4.78, 5) is 2.14. The standard InChI is InChI=1S/C12H19N5/c1-14-12-10-8-9(13)4-5-11(10)17(15-12)7-6-16(2)3/h4-5,8H,6-7,13H2,1-3H3,(H,14,15). The van der Waals surface area contributed by atoms with Gasteiger partial charge in [-0.05, 0) is 32.3 Å². The van der Waals surface area contributed by atoms with Crippen LogP contribution in [0.5, 0.6) is 0 Å². The quantitative estimate of drug-likeness (QED) is 0.780. The lowest BCUT2D eigenvalue weighted by molar-refractivity contribution is 0.377. The van der Waals surface area contributed by atoms with E-state index in [0.29, 0.717) is 0 Å². The van der Waals surface area contributed by atoms with Gasteiger partial charge in [0.15, 0.2) is 5.82 Å². The predicted molar refractivity (Wildman–Crippen MR) is 72.2 cm³/mol. The lowest BCUT2D eigenvalue weighted by Gasteiger charge is -2.09. The first-order chi connectivity index (χ1) is 8.11. The summed E-state index contributed by atoms with van der Waals surface area (Å²) >= 11 is 0. The fourth-order valence-electron chi connectivity index (χ4n) is 1.85. The summed E-state index contributed by atoms with van der Waals surface area (Å²) in [5.41, 5.74) is 7.69. The van der Waals surface area contributed by atoms with Gasteiger partial charge in [0.2, 0.25) is 0 Å². The summed E-state index contributed by atoms with van der Waals surface area (Å²) in [5.74, 6) is 0.881. The number of hydrogen-bond acceptors (Lipinski definition) is 4. The van der Waals surface area contributed by atoms with E-state index >= 15 is 0 Å². The largest absolute Gasteiger partial charge is 0.399 e. The minimum atomic E-state index is 0.765. The Labute approximate surface area is 101 Å². The van der Waals surface area contributed by atoms with Crippen molar-refractivity contribution in [3.8, 4) is 0 Å². The summed E-state index contributed by atoms with van der Waals surface area (Å²) in [6.45, 7) is 1.83. The molecule has 0 spiro atoms. The normalized spacial score (nSPS) is 11.3. The molecule has 0 fully saturated rings. The van der Waals surface area contributed by atoms with Gasteiger partial charge in [0.1, 0.15) is 0 Å². The smallest absolute Gasteiger partial charge is 0.155 e. The van der Waals surface area contributed by atoms with Crippen LogP contribution in [0.15, 0.2) is 18.2 Å². The van der Waals surface area contributed by atoms with Crippen molar-refractivity contribution < 1.29 is 0 Å². The third-order valence-corrected chi connectivity index (χ3v) is 2.77. The minimum absolute atomic E-state index is 0.765. The number of rotatable bonds is 4. The van der Waals surface area contributed by atoms with Crippen LogP contribution < -0.4 is 11.1 Å². The molecule has 0 saturated carbocycles. The van der Waals surface area contributed by atoms with Crippen LogP contribution in [0, 0.1) is 0 Å². The molecular weight excluding hydrogens is 214 g/mol. The van der Waals surface area contributed by atoms with Gasteiger partial charge >= 0.3 is 0 Å². The van der Waals surface area contributed by atoms with Crippen LogP contribution >= 0.6 is 0 Å². The first-order valence-corrected chi connectivity index (χ1v) is 5.70. The average molecular weight is 233 g/mol. The number of benzene rings is 1. The molecule has 2 aromatic rings. The molecule has 2 rings (SSSR count). The molecule has 1 heterocycles. The first-order valence-electron chi connectivity index (χ1n) is 5.70. The Morgan fingerprint density at radius 1 is 1.41 bits per heavy atom. The van der Waals surface area contributed by atoms with E-state index < -0.39 is 0 Å². The van der Waals surface area contributed by atoms with E-state index in [1.54, 1.807) is 0 Å². The van der Waals surface area contributed by atoms with Gasteiger partial charge in [0, 0.05) is 24.7 Å². The lowest BCUT2D eigenvalue weighted by atomic mass is 10.2. The van der Waals surface area contributed by atoms with Crippen LogP contribution in [-0.2, 0) is 6.54 Å². The van der Waals surface area contributed by atoms with Gasteiger partial charge in [-0.2, -0.15) is 5.10 Å². The second kappa shape index (κ2) is 4.63. The monoisotopic (exact) mass is 233 g/mol. The van der Waals surface area contributed by atoms with Gasteiger partial charge in [0.05, 0.1) is 12.1 Å². The number of aromatic nitrogens is 2. The minimum Gasteiger partial charge on any atom is -0.399 e. The zero-order valence-electron chi connectivity index (χ0n) is 10.6. The van der Waals surface area contributed by atoms with Crippen molar-refractivity contribution in [1.29, 1.82) is 0 Å². The number of hydrogen-bond donors (Lipinski definition) is 2. The van der Waals surface area contributed by atoms with Gasteiger partial charge in [0.25, 0.3) is 0 Å². The summed E-state index contributed by atoms with van der Waals surface area (Å²) in [7, 11) is 5.99. The number of nitrogen functional groups attached to an aromatic ring is 1. The Morgan fingerprint density at radius 3 is 2.82 bits per heavy atom. The second-order valence-corrected chi connectivity index (χ2v) is 4.40. The number of nitrogens with two attached hydrogens (primary N) is 1. The highest BCUT2D eigenvalue weighted by molar-refractivity contribution is 5.92. The van der Waals surface area contributed by atoms with Crippen molar-refractivity contribution in [1.82, 2.24) is 14.7 Å². The molecule has 0 aliphatic carbocycles. The van der Waals surface area contributed by atoms with E-state index in [9.17, 15) is 0 Å². The molecule has 0 bridgehead atoms. The van der Waals surface area contributed by atoms with Crippen LogP contribution in [0.25, 0.3) is 10.9 Å². The molecule has 5 nitrogen and oxygen atoms in total. The lowest BCUT2D eigenvalue weighted by Crippen LogP contribution is -2.19. The van der Waals surface area contributed by atoms with Crippen molar-refractivity contribution in [3.63, 3.8) is 0 Å². The second-order valence-electron chi connectivity index (χ2n) is 4.40. The molecule has 1 aromatic heterocycles. The van der Waals surface area contributed by atoms with Crippen LogP contribution in [-0.4, -0.2) is 42.4 Å². The fourth-order valence-corrected chi connectivity index (χ4v) is 1.85. The van der Waals surface area contributed by atoms with Gasteiger partial charge in [-0.1, -0.05) is 0 Å². The highest BCUT2D eigenvalue weighted by Crippen LogP contribution is 2.24. The van der Waals surface area contributed by atoms with Gasteiger partial charge in [-0.25, -0.2) is 0 Å². The summed E-state index contributed by atoms with van der Waals surface area (Å²) in [6.07, 6.45) is 0. The average Bonchev–Trinajstić information content (AvgIpc) is 2.63. The molecule has 0 aliphatic rings. The molecule has 0 radical (unpaired) electrons. The summed E-state index contributed by atoms with van der Waals surface area (Å²) in [5, 5.41) is 8.72. The predicted octanol–water partition coefficient (Wildman–Crippen LogP) is 1.22. The van der Waals surface area contributed by atoms with Crippen LogP contribution in [0.2, 0.25) is 0 Å². The van der Waals surface area contributed by atoms with Crippen LogP contribution in [0.4, 0.5) is 11.5 Å². The van der Waals surface area contributed by atoms with Crippen molar-refractivity contribution in [2.24, 2.45) is 0 Å². The molecular formula is C12H19N5. The van der Waals surface area contributed by atoms with Crippen molar-refractivity contribution in [3.05, 3.63) is 18.2 Å². The molecule has 0 amide bonds. The fraction of sp³-hybridized carbons (Fsp3) is 0.417. The maximum atomic E-state index is 5.81. The first kappa shape index (κ1) is 11.7. The van der Waals surface area contributed by atoms with Crippen LogP contribution in [0.3, 0.4) is 0 Å². The Hall–Kier alpha value is -1.75. The molecule has 0 atom stereocenters. The molecule has 92 valence electrons. The Balaban J connectivity index is 2.42. The molecule has 3 N–H and O–H groups in total.